The summed E-state index contributed by atoms with van der Waals surface area (Å²) >= 11 is 0. The van der Waals surface area contributed by atoms with Crippen molar-refractivity contribution >= 4 is 0 Å². The Kier molecular flexibility index (Phi) is 7.47. The third kappa shape index (κ3) is 5.71. The number of aryl methyl sites for hydroxylation is 1. The minimum Gasteiger partial charge on any atom is -0.236 e. The van der Waals surface area contributed by atoms with Crippen LogP contribution in [0.1, 0.15) is 56.6 Å². The van der Waals surface area contributed by atoms with Crippen LogP contribution in [0.25, 0.3) is 22.5 Å². The zero-order valence-electron chi connectivity index (χ0n) is 16.9. The van der Waals surface area contributed by atoms with Crippen molar-refractivity contribution in [2.45, 2.75) is 51.9 Å². The van der Waals surface area contributed by atoms with Gasteiger partial charge in [-0.25, -0.2) is 14.4 Å². The summed E-state index contributed by atoms with van der Waals surface area (Å²) in [7, 11) is 0. The van der Waals surface area contributed by atoms with E-state index in [1.54, 1.807) is 18.5 Å². The van der Waals surface area contributed by atoms with E-state index >= 15 is 0 Å². The lowest BCUT2D eigenvalue weighted by Crippen LogP contribution is -1.92. The van der Waals surface area contributed by atoms with Crippen molar-refractivity contribution in [2.75, 3.05) is 0 Å². The maximum atomic E-state index is 13.8. The molecule has 3 aromatic rings. The van der Waals surface area contributed by atoms with Crippen LogP contribution in [0.5, 0.6) is 0 Å². The number of unbranched alkanes of at least 4 members (excludes halogenated alkanes) is 5. The normalized spacial score (nSPS) is 10.7. The maximum Gasteiger partial charge on any atom is 0.159 e. The monoisotopic (exact) mass is 387 g/mol. The fourth-order valence-corrected chi connectivity index (χ4v) is 3.34. The van der Waals surface area contributed by atoms with Crippen molar-refractivity contribution in [3.8, 4) is 28.6 Å². The van der Waals surface area contributed by atoms with E-state index in [1.165, 1.54) is 56.2 Å². The Hall–Kier alpha value is -3.06. The van der Waals surface area contributed by atoms with Gasteiger partial charge in [-0.15, -0.1) is 0 Å². The summed E-state index contributed by atoms with van der Waals surface area (Å²) < 4.78 is 13.8. The Balaban J connectivity index is 1.60. The molecule has 0 saturated heterocycles. The van der Waals surface area contributed by atoms with Gasteiger partial charge in [-0.1, -0.05) is 63.3 Å². The molecule has 3 rings (SSSR count). The SMILES string of the molecule is CCCCCCCCc1ccc(-c2cnc(-c3ccc(C#N)c(F)c3)nc2)cc1. The maximum absolute atomic E-state index is 13.8. The molecule has 148 valence electrons. The first-order valence-electron chi connectivity index (χ1n) is 10.3. The van der Waals surface area contributed by atoms with Gasteiger partial charge in [0.05, 0.1) is 5.56 Å². The first-order chi connectivity index (χ1) is 14.2. The smallest absolute Gasteiger partial charge is 0.159 e. The van der Waals surface area contributed by atoms with Gasteiger partial charge >= 0.3 is 0 Å². The van der Waals surface area contributed by atoms with Gasteiger partial charge in [0.25, 0.3) is 0 Å². The van der Waals surface area contributed by atoms with Crippen molar-refractivity contribution in [3.05, 3.63) is 71.8 Å². The van der Waals surface area contributed by atoms with Gasteiger partial charge in [-0.05, 0) is 42.2 Å². The van der Waals surface area contributed by atoms with Gasteiger partial charge in [-0.3, -0.25) is 0 Å². The van der Waals surface area contributed by atoms with Gasteiger partial charge in [0, 0.05) is 23.5 Å². The minimum absolute atomic E-state index is 0.0198. The number of nitrogens with zero attached hydrogens (tertiary/aromatic N) is 3. The molecule has 0 N–H and O–H groups in total. The van der Waals surface area contributed by atoms with Crippen LogP contribution < -0.4 is 0 Å². The zero-order chi connectivity index (χ0) is 20.5. The van der Waals surface area contributed by atoms with Crippen molar-refractivity contribution in [2.24, 2.45) is 0 Å². The molecule has 4 heteroatoms. The van der Waals surface area contributed by atoms with E-state index in [-0.39, 0.29) is 5.56 Å². The Bertz CT molecular complexity index is 957. The van der Waals surface area contributed by atoms with Crippen molar-refractivity contribution in [1.29, 1.82) is 5.26 Å². The summed E-state index contributed by atoms with van der Waals surface area (Å²) in [5.41, 5.74) is 3.92. The highest BCUT2D eigenvalue weighted by Crippen LogP contribution is 2.23. The van der Waals surface area contributed by atoms with Gasteiger partial charge in [0.2, 0.25) is 0 Å². The van der Waals surface area contributed by atoms with Crippen molar-refractivity contribution < 1.29 is 4.39 Å². The molecule has 0 aliphatic rings. The molecule has 0 aliphatic heterocycles. The first-order valence-corrected chi connectivity index (χ1v) is 10.3. The molecular weight excluding hydrogens is 361 g/mol. The Morgan fingerprint density at radius 1 is 0.828 bits per heavy atom. The molecular formula is C25H26FN3. The van der Waals surface area contributed by atoms with E-state index in [1.807, 2.05) is 6.07 Å². The van der Waals surface area contributed by atoms with Crippen molar-refractivity contribution in [3.63, 3.8) is 0 Å². The largest absolute Gasteiger partial charge is 0.236 e. The van der Waals surface area contributed by atoms with E-state index in [0.717, 1.165) is 17.5 Å². The minimum atomic E-state index is -0.557. The quantitative estimate of drug-likeness (QED) is 0.383. The summed E-state index contributed by atoms with van der Waals surface area (Å²) in [6, 6.07) is 14.8. The molecule has 3 nitrogen and oxygen atoms in total. The Morgan fingerprint density at radius 2 is 1.48 bits per heavy atom. The molecule has 0 aliphatic carbocycles. The van der Waals surface area contributed by atoms with E-state index in [2.05, 4.69) is 41.2 Å². The van der Waals surface area contributed by atoms with Crippen LogP contribution in [0.15, 0.2) is 54.9 Å². The summed E-state index contributed by atoms with van der Waals surface area (Å²) in [4.78, 5) is 8.74. The molecule has 0 bridgehead atoms. The van der Waals surface area contributed by atoms with Crippen molar-refractivity contribution in [1.82, 2.24) is 9.97 Å². The lowest BCUT2D eigenvalue weighted by atomic mass is 10.0. The average molecular weight is 388 g/mol. The molecule has 0 saturated carbocycles. The van der Waals surface area contributed by atoms with Gasteiger partial charge < -0.3 is 0 Å². The highest BCUT2D eigenvalue weighted by atomic mass is 19.1. The number of nitriles is 1. The van der Waals surface area contributed by atoms with Crippen LogP contribution in [0, 0.1) is 17.1 Å². The summed E-state index contributed by atoms with van der Waals surface area (Å²) in [5.74, 6) is -0.115. The topological polar surface area (TPSA) is 49.6 Å². The summed E-state index contributed by atoms with van der Waals surface area (Å²) in [6.45, 7) is 2.24. The molecule has 0 fully saturated rings. The molecule has 1 aromatic heterocycles. The number of aromatic nitrogens is 2. The second-order valence-corrected chi connectivity index (χ2v) is 7.32. The summed E-state index contributed by atoms with van der Waals surface area (Å²) in [6.07, 6.45) is 12.5. The zero-order valence-corrected chi connectivity index (χ0v) is 16.9. The molecule has 0 radical (unpaired) electrons. The van der Waals surface area contributed by atoms with E-state index in [9.17, 15) is 4.39 Å². The number of hydrogen-bond donors (Lipinski definition) is 0. The highest BCUT2D eigenvalue weighted by Gasteiger charge is 2.07. The molecule has 0 spiro atoms. The van der Waals surface area contributed by atoms with E-state index < -0.39 is 5.82 Å². The third-order valence-corrected chi connectivity index (χ3v) is 5.11. The lowest BCUT2D eigenvalue weighted by Gasteiger charge is -2.06. The lowest BCUT2D eigenvalue weighted by molar-refractivity contribution is 0.607. The number of benzene rings is 2. The standard InChI is InChI=1S/C25H26FN3/c1-2-3-4-5-6-7-8-19-9-11-20(12-10-19)23-17-28-25(29-18-23)21-13-14-22(16-27)24(26)15-21/h9-15,17-18H,2-8H2,1H3. The highest BCUT2D eigenvalue weighted by molar-refractivity contribution is 5.64. The molecule has 0 unspecified atom stereocenters. The summed E-state index contributed by atoms with van der Waals surface area (Å²) in [5, 5.41) is 8.83. The second-order valence-electron chi connectivity index (χ2n) is 7.32. The molecule has 2 aromatic carbocycles. The molecule has 0 amide bonds. The van der Waals surface area contributed by atoms with Gasteiger partial charge in [0.15, 0.2) is 5.82 Å². The predicted octanol–water partition coefficient (Wildman–Crippen LogP) is 6.72. The second kappa shape index (κ2) is 10.5. The predicted molar refractivity (Wildman–Crippen MR) is 115 cm³/mol. The Labute approximate surface area is 172 Å². The molecule has 29 heavy (non-hydrogen) atoms. The van der Waals surface area contributed by atoms with Crippen LogP contribution in [0.3, 0.4) is 0 Å². The number of rotatable bonds is 9. The number of hydrogen-bond acceptors (Lipinski definition) is 3. The molecule has 0 atom stereocenters. The fourth-order valence-electron chi connectivity index (χ4n) is 3.34. The van der Waals surface area contributed by atoms with Crippen LogP contribution >= 0.6 is 0 Å². The Morgan fingerprint density at radius 3 is 2.14 bits per heavy atom. The third-order valence-electron chi connectivity index (χ3n) is 5.11. The van der Waals surface area contributed by atoms with Crippen LogP contribution in [0.2, 0.25) is 0 Å². The van der Waals surface area contributed by atoms with Gasteiger partial charge in [0.1, 0.15) is 11.9 Å². The molecule has 1 heterocycles. The number of halogens is 1. The van der Waals surface area contributed by atoms with E-state index in [0.29, 0.717) is 11.4 Å². The first kappa shape index (κ1) is 20.7. The average Bonchev–Trinajstić information content (AvgIpc) is 2.77. The van der Waals surface area contributed by atoms with Crippen LogP contribution in [-0.4, -0.2) is 9.97 Å². The van der Waals surface area contributed by atoms with E-state index in [4.69, 9.17) is 5.26 Å². The van der Waals surface area contributed by atoms with Gasteiger partial charge in [-0.2, -0.15) is 5.26 Å². The van der Waals surface area contributed by atoms with Crippen LogP contribution in [-0.2, 0) is 6.42 Å². The fraction of sp³-hybridized carbons (Fsp3) is 0.320. The van der Waals surface area contributed by atoms with Crippen LogP contribution in [0.4, 0.5) is 4.39 Å².